The van der Waals surface area contributed by atoms with Gasteiger partial charge >= 0.3 is 5.76 Å². The predicted molar refractivity (Wildman–Crippen MR) is 96.7 cm³/mol. The van der Waals surface area contributed by atoms with Crippen molar-refractivity contribution >= 4 is 27.3 Å². The third-order valence-electron chi connectivity index (χ3n) is 3.71. The Morgan fingerprint density at radius 1 is 1.26 bits per heavy atom. The Hall–Kier alpha value is -2.73. The number of nitrogens with zero attached hydrogens (tertiary/aromatic N) is 5. The van der Waals surface area contributed by atoms with E-state index in [4.69, 9.17) is 18.2 Å². The van der Waals surface area contributed by atoms with Gasteiger partial charge in [0, 0.05) is 5.38 Å². The molecule has 0 aliphatic heterocycles. The maximum absolute atomic E-state index is 12.1. The van der Waals surface area contributed by atoms with Gasteiger partial charge in [0.25, 0.3) is 11.8 Å². The van der Waals surface area contributed by atoms with Gasteiger partial charge in [-0.2, -0.15) is 9.67 Å². The van der Waals surface area contributed by atoms with Crippen LogP contribution in [0.3, 0.4) is 0 Å². The predicted octanol–water partition coefficient (Wildman–Crippen LogP) is 3.04. The molecule has 0 spiro atoms. The van der Waals surface area contributed by atoms with Crippen molar-refractivity contribution < 1.29 is 18.2 Å². The fourth-order valence-corrected chi connectivity index (χ4v) is 4.09. The molecule has 0 unspecified atom stereocenters. The molecule has 10 nitrogen and oxygen atoms in total. The van der Waals surface area contributed by atoms with Crippen molar-refractivity contribution in [3.63, 3.8) is 0 Å². The fourth-order valence-electron chi connectivity index (χ4n) is 2.50. The zero-order chi connectivity index (χ0) is 19.1. The van der Waals surface area contributed by atoms with Crippen LogP contribution in [0, 0.1) is 13.8 Å². The standard InChI is InChI=1S/C15H12BrN5O5S/c1-6-10(7(2)25-19-6)13-17-9(20-26-13)4-21-15(22)24-14(18-21)12-11(23-3)8(16)5-27-12/h5H,4H2,1-3H3. The van der Waals surface area contributed by atoms with Gasteiger partial charge in [0.05, 0.1) is 17.3 Å². The maximum Gasteiger partial charge on any atom is 0.437 e. The molecule has 0 fully saturated rings. The fraction of sp³-hybridized carbons (Fsp3) is 0.267. The molecule has 0 saturated carbocycles. The Morgan fingerprint density at radius 3 is 2.78 bits per heavy atom. The van der Waals surface area contributed by atoms with Crippen LogP contribution in [0.1, 0.15) is 17.3 Å². The molecule has 4 rings (SSSR count). The summed E-state index contributed by atoms with van der Waals surface area (Å²) >= 11 is 4.71. The summed E-state index contributed by atoms with van der Waals surface area (Å²) in [6, 6.07) is 0. The molecule has 0 saturated heterocycles. The average molecular weight is 454 g/mol. The minimum absolute atomic E-state index is 0.00985. The average Bonchev–Trinajstić information content (AvgIpc) is 3.38. The number of thiophene rings is 1. The van der Waals surface area contributed by atoms with E-state index in [9.17, 15) is 4.79 Å². The molecular weight excluding hydrogens is 442 g/mol. The van der Waals surface area contributed by atoms with Crippen molar-refractivity contribution in [2.45, 2.75) is 20.4 Å². The van der Waals surface area contributed by atoms with Gasteiger partial charge in [-0.05, 0) is 29.8 Å². The summed E-state index contributed by atoms with van der Waals surface area (Å²) in [6.45, 7) is 3.51. The van der Waals surface area contributed by atoms with Crippen LogP contribution in [0.15, 0.2) is 28.1 Å². The van der Waals surface area contributed by atoms with E-state index in [2.05, 4.69) is 36.3 Å². The van der Waals surface area contributed by atoms with Crippen LogP contribution in [-0.4, -0.2) is 32.2 Å². The summed E-state index contributed by atoms with van der Waals surface area (Å²) in [4.78, 5) is 17.0. The van der Waals surface area contributed by atoms with Crippen molar-refractivity contribution in [2.24, 2.45) is 0 Å². The van der Waals surface area contributed by atoms with Crippen molar-refractivity contribution in [3.8, 4) is 28.0 Å². The number of hydrogen-bond acceptors (Lipinski definition) is 10. The van der Waals surface area contributed by atoms with Crippen LogP contribution in [0.4, 0.5) is 0 Å². The van der Waals surface area contributed by atoms with E-state index < -0.39 is 5.76 Å². The second-order valence-corrected chi connectivity index (χ2v) is 7.23. The largest absolute Gasteiger partial charge is 0.494 e. The van der Waals surface area contributed by atoms with Gasteiger partial charge in [-0.15, -0.1) is 16.4 Å². The van der Waals surface area contributed by atoms with Crippen molar-refractivity contribution in [1.82, 2.24) is 25.1 Å². The Bertz CT molecular complexity index is 1150. The number of aryl methyl sites for hydroxylation is 2. The Labute approximate surface area is 163 Å². The van der Waals surface area contributed by atoms with Crippen LogP contribution in [0.25, 0.3) is 22.2 Å². The molecule has 4 aromatic rings. The highest BCUT2D eigenvalue weighted by atomic mass is 79.9. The SMILES string of the molecule is COc1c(Br)csc1-c1nn(Cc2noc(-c3c(C)noc3C)n2)c(=O)o1. The highest BCUT2D eigenvalue weighted by Crippen LogP contribution is 2.40. The van der Waals surface area contributed by atoms with Gasteiger partial charge in [0.1, 0.15) is 22.7 Å². The minimum atomic E-state index is -0.639. The summed E-state index contributed by atoms with van der Waals surface area (Å²) in [5.74, 6) is 1.17. The Kier molecular flexibility index (Phi) is 4.44. The summed E-state index contributed by atoms with van der Waals surface area (Å²) in [5.41, 5.74) is 1.27. The van der Waals surface area contributed by atoms with Crippen LogP contribution in [0.2, 0.25) is 0 Å². The van der Waals surface area contributed by atoms with Crippen LogP contribution in [-0.2, 0) is 6.54 Å². The third kappa shape index (κ3) is 3.10. The van der Waals surface area contributed by atoms with Gasteiger partial charge < -0.3 is 18.2 Å². The first-order chi connectivity index (χ1) is 13.0. The number of ether oxygens (including phenoxy) is 1. The first-order valence-corrected chi connectivity index (χ1v) is 9.30. The molecule has 0 N–H and O–H groups in total. The number of halogens is 1. The van der Waals surface area contributed by atoms with Crippen LogP contribution < -0.4 is 10.5 Å². The quantitative estimate of drug-likeness (QED) is 0.448. The Morgan fingerprint density at radius 2 is 2.07 bits per heavy atom. The van der Waals surface area contributed by atoms with Gasteiger partial charge in [0.2, 0.25) is 0 Å². The number of hydrogen-bond donors (Lipinski definition) is 0. The lowest BCUT2D eigenvalue weighted by Crippen LogP contribution is -2.17. The molecule has 0 radical (unpaired) electrons. The normalized spacial score (nSPS) is 11.3. The smallest absolute Gasteiger partial charge is 0.437 e. The van der Waals surface area contributed by atoms with E-state index in [0.29, 0.717) is 27.6 Å². The minimum Gasteiger partial charge on any atom is -0.494 e. The summed E-state index contributed by atoms with van der Waals surface area (Å²) in [7, 11) is 1.53. The van der Waals surface area contributed by atoms with Gasteiger partial charge in [0.15, 0.2) is 11.6 Å². The van der Waals surface area contributed by atoms with Crippen LogP contribution in [0.5, 0.6) is 5.75 Å². The van der Waals surface area contributed by atoms with Gasteiger partial charge in [-0.25, -0.2) is 4.79 Å². The van der Waals surface area contributed by atoms with Crippen molar-refractivity contribution in [1.29, 1.82) is 0 Å². The summed E-state index contributed by atoms with van der Waals surface area (Å²) < 4.78 is 22.8. The second-order valence-electron chi connectivity index (χ2n) is 5.49. The zero-order valence-corrected chi connectivity index (χ0v) is 16.8. The molecule has 0 atom stereocenters. The topological polar surface area (TPSA) is 122 Å². The third-order valence-corrected chi connectivity index (χ3v) is 5.56. The van der Waals surface area contributed by atoms with Crippen LogP contribution >= 0.6 is 27.3 Å². The maximum atomic E-state index is 12.1. The lowest BCUT2D eigenvalue weighted by molar-refractivity contribution is 0.391. The molecule has 0 amide bonds. The van der Waals surface area contributed by atoms with E-state index in [1.807, 2.05) is 5.38 Å². The summed E-state index contributed by atoms with van der Waals surface area (Å²) in [6.07, 6.45) is 0. The van der Waals surface area contributed by atoms with E-state index in [0.717, 1.165) is 9.15 Å². The lowest BCUT2D eigenvalue weighted by Gasteiger charge is -1.98. The molecule has 12 heteroatoms. The highest BCUT2D eigenvalue weighted by Gasteiger charge is 2.22. The van der Waals surface area contributed by atoms with E-state index in [1.165, 1.54) is 18.4 Å². The molecule has 0 aliphatic rings. The molecule has 4 heterocycles. The number of methoxy groups -OCH3 is 1. The number of aromatic nitrogens is 5. The first-order valence-electron chi connectivity index (χ1n) is 7.63. The molecule has 0 bridgehead atoms. The van der Waals surface area contributed by atoms with E-state index >= 15 is 0 Å². The lowest BCUT2D eigenvalue weighted by atomic mass is 10.2. The first kappa shape index (κ1) is 17.7. The molecule has 140 valence electrons. The van der Waals surface area contributed by atoms with Gasteiger partial charge in [-0.3, -0.25) is 0 Å². The molecule has 4 aromatic heterocycles. The second kappa shape index (κ2) is 6.78. The molecule has 0 aromatic carbocycles. The molecular formula is C15H12BrN5O5S. The monoisotopic (exact) mass is 453 g/mol. The Balaban J connectivity index is 1.63. The highest BCUT2D eigenvalue weighted by molar-refractivity contribution is 9.10. The van der Waals surface area contributed by atoms with Crippen molar-refractivity contribution in [2.75, 3.05) is 7.11 Å². The van der Waals surface area contributed by atoms with Crippen molar-refractivity contribution in [3.05, 3.63) is 37.7 Å². The molecule has 0 aliphatic carbocycles. The van der Waals surface area contributed by atoms with E-state index in [1.54, 1.807) is 13.8 Å². The molecule has 27 heavy (non-hydrogen) atoms. The van der Waals surface area contributed by atoms with Gasteiger partial charge in [-0.1, -0.05) is 10.3 Å². The zero-order valence-electron chi connectivity index (χ0n) is 14.3. The van der Waals surface area contributed by atoms with E-state index in [-0.39, 0.29) is 24.2 Å². The number of rotatable bonds is 5. The summed E-state index contributed by atoms with van der Waals surface area (Å²) in [5, 5.41) is 13.8.